The second-order valence-corrected chi connectivity index (χ2v) is 8.38. The minimum atomic E-state index is -0.489. The number of rotatable bonds is 4. The molecule has 1 aliphatic heterocycles. The van der Waals surface area contributed by atoms with Gasteiger partial charge >= 0.3 is 7.12 Å². The van der Waals surface area contributed by atoms with E-state index < -0.39 is 18.3 Å². The van der Waals surface area contributed by atoms with Crippen LogP contribution in [0.5, 0.6) is 5.75 Å². The topological polar surface area (TPSA) is 66.1 Å². The van der Waals surface area contributed by atoms with Crippen LogP contribution in [0.1, 0.15) is 65.4 Å². The average molecular weight is 358 g/mol. The Labute approximate surface area is 157 Å². The van der Waals surface area contributed by atoms with E-state index in [1.807, 2.05) is 46.0 Å². The monoisotopic (exact) mass is 358 g/mol. The van der Waals surface area contributed by atoms with Gasteiger partial charge in [0.15, 0.2) is 0 Å². The first-order chi connectivity index (χ1) is 12.2. The Balaban J connectivity index is 1.89. The van der Waals surface area contributed by atoms with Crippen molar-refractivity contribution in [2.24, 2.45) is 4.99 Å². The number of ether oxygens (including phenoxy) is 1. The highest BCUT2D eigenvalue weighted by Crippen LogP contribution is 2.37. The van der Waals surface area contributed by atoms with Crippen LogP contribution in [0, 0.1) is 0 Å². The first-order valence-electron chi connectivity index (χ1n) is 9.60. The standard InChI is InChI=1S/C20H31BN2O3/c1-19(2)20(3,4)26-21(25-19)16-11-14(17(22)12-18(16)24-5)13-23-15-9-7-6-8-10-15/h11-13,15H,6-10,22H2,1-5H3. The molecule has 3 rings (SSSR count). The van der Waals surface area contributed by atoms with E-state index in [2.05, 4.69) is 0 Å². The van der Waals surface area contributed by atoms with Crippen LogP contribution < -0.4 is 15.9 Å². The van der Waals surface area contributed by atoms with Crippen molar-refractivity contribution in [2.45, 2.75) is 77.0 Å². The molecule has 26 heavy (non-hydrogen) atoms. The summed E-state index contributed by atoms with van der Waals surface area (Å²) in [6.07, 6.45) is 8.08. The molecule has 2 N–H and O–H groups in total. The molecule has 1 saturated heterocycles. The zero-order valence-electron chi connectivity index (χ0n) is 16.7. The van der Waals surface area contributed by atoms with Crippen LogP contribution in [0.2, 0.25) is 0 Å². The van der Waals surface area contributed by atoms with Crippen molar-refractivity contribution >= 4 is 24.5 Å². The van der Waals surface area contributed by atoms with E-state index in [-0.39, 0.29) is 0 Å². The van der Waals surface area contributed by atoms with Crippen LogP contribution in [-0.2, 0) is 9.31 Å². The van der Waals surface area contributed by atoms with Crippen LogP contribution >= 0.6 is 0 Å². The van der Waals surface area contributed by atoms with Gasteiger partial charge in [0.05, 0.1) is 18.3 Å². The van der Waals surface area contributed by atoms with Crippen LogP contribution in [-0.4, -0.2) is 37.7 Å². The summed E-state index contributed by atoms with van der Waals surface area (Å²) >= 11 is 0. The maximum Gasteiger partial charge on any atom is 0.498 e. The maximum atomic E-state index is 6.23. The normalized spacial score (nSPS) is 22.9. The molecular weight excluding hydrogens is 327 g/mol. The average Bonchev–Trinajstić information content (AvgIpc) is 2.82. The third-order valence-electron chi connectivity index (χ3n) is 5.94. The summed E-state index contributed by atoms with van der Waals surface area (Å²) in [5.41, 5.74) is 7.83. The van der Waals surface area contributed by atoms with Crippen LogP contribution in [0.25, 0.3) is 0 Å². The van der Waals surface area contributed by atoms with Crippen molar-refractivity contribution in [3.63, 3.8) is 0 Å². The Morgan fingerprint density at radius 2 is 1.73 bits per heavy atom. The van der Waals surface area contributed by atoms with E-state index in [9.17, 15) is 0 Å². The molecule has 2 fully saturated rings. The number of nitrogen functional groups attached to an aromatic ring is 1. The minimum absolute atomic E-state index is 0.402. The van der Waals surface area contributed by atoms with Crippen molar-refractivity contribution in [1.29, 1.82) is 0 Å². The second-order valence-electron chi connectivity index (χ2n) is 8.38. The Kier molecular flexibility index (Phi) is 5.36. The zero-order valence-corrected chi connectivity index (χ0v) is 16.7. The number of aliphatic imine (C=N–C) groups is 1. The van der Waals surface area contributed by atoms with Gasteiger partial charge in [0.1, 0.15) is 5.75 Å². The van der Waals surface area contributed by atoms with E-state index in [4.69, 9.17) is 24.8 Å². The lowest BCUT2D eigenvalue weighted by Crippen LogP contribution is -2.41. The van der Waals surface area contributed by atoms with Gasteiger partial charge in [0, 0.05) is 35.0 Å². The molecule has 1 saturated carbocycles. The summed E-state index contributed by atoms with van der Waals surface area (Å²) < 4.78 is 17.9. The molecular formula is C20H31BN2O3. The van der Waals surface area contributed by atoms with Gasteiger partial charge in [-0.05, 0) is 46.6 Å². The van der Waals surface area contributed by atoms with Crippen molar-refractivity contribution in [2.75, 3.05) is 12.8 Å². The third-order valence-corrected chi connectivity index (χ3v) is 5.94. The van der Waals surface area contributed by atoms with E-state index in [0.717, 1.165) is 23.9 Å². The largest absolute Gasteiger partial charge is 0.498 e. The molecule has 5 nitrogen and oxygen atoms in total. The Hall–Kier alpha value is -1.53. The molecule has 0 amide bonds. The quantitative estimate of drug-likeness (QED) is 0.509. The Morgan fingerprint density at radius 1 is 1.12 bits per heavy atom. The highest BCUT2D eigenvalue weighted by atomic mass is 16.7. The van der Waals surface area contributed by atoms with Crippen molar-refractivity contribution in [1.82, 2.24) is 0 Å². The van der Waals surface area contributed by atoms with E-state index >= 15 is 0 Å². The lowest BCUT2D eigenvalue weighted by molar-refractivity contribution is 0.00578. The zero-order chi connectivity index (χ0) is 18.9. The summed E-state index contributed by atoms with van der Waals surface area (Å²) in [5, 5.41) is 0. The van der Waals surface area contributed by atoms with Gasteiger partial charge < -0.3 is 19.8 Å². The molecule has 0 bridgehead atoms. The van der Waals surface area contributed by atoms with Crippen molar-refractivity contribution < 1.29 is 14.0 Å². The predicted octanol–water partition coefficient (Wildman–Crippen LogP) is 3.33. The fraction of sp³-hybridized carbons (Fsp3) is 0.650. The summed E-state index contributed by atoms with van der Waals surface area (Å²) in [7, 11) is 1.15. The van der Waals surface area contributed by atoms with Gasteiger partial charge in [-0.2, -0.15) is 0 Å². The predicted molar refractivity (Wildman–Crippen MR) is 108 cm³/mol. The highest BCUT2D eigenvalue weighted by molar-refractivity contribution is 6.63. The number of nitrogens with zero attached hydrogens (tertiary/aromatic N) is 1. The number of anilines is 1. The third kappa shape index (κ3) is 3.76. The van der Waals surface area contributed by atoms with Crippen molar-refractivity contribution in [3.8, 4) is 5.75 Å². The second kappa shape index (κ2) is 7.24. The molecule has 1 aromatic carbocycles. The smallest absolute Gasteiger partial charge is 0.497 e. The molecule has 6 heteroatoms. The van der Waals surface area contributed by atoms with Crippen LogP contribution in [0.4, 0.5) is 5.69 Å². The first-order valence-corrected chi connectivity index (χ1v) is 9.60. The minimum Gasteiger partial charge on any atom is -0.497 e. The molecule has 1 aliphatic carbocycles. The van der Waals surface area contributed by atoms with E-state index in [0.29, 0.717) is 17.5 Å². The SMILES string of the molecule is COc1cc(N)c(C=NC2CCCCC2)cc1B1OC(C)(C)C(C)(C)O1. The lowest BCUT2D eigenvalue weighted by Gasteiger charge is -2.32. The maximum absolute atomic E-state index is 6.23. The molecule has 0 radical (unpaired) electrons. The van der Waals surface area contributed by atoms with Crippen molar-refractivity contribution in [3.05, 3.63) is 17.7 Å². The summed E-state index contributed by atoms with van der Waals surface area (Å²) in [4.78, 5) is 4.77. The number of nitrogens with two attached hydrogens (primary N) is 1. The summed E-state index contributed by atoms with van der Waals surface area (Å²) in [5.74, 6) is 0.677. The number of methoxy groups -OCH3 is 1. The molecule has 1 heterocycles. The fourth-order valence-corrected chi connectivity index (χ4v) is 3.49. The molecule has 0 aromatic heterocycles. The van der Waals surface area contributed by atoms with Crippen LogP contribution in [0.15, 0.2) is 17.1 Å². The molecule has 0 unspecified atom stereocenters. The van der Waals surface area contributed by atoms with E-state index in [1.165, 1.54) is 19.3 Å². The lowest BCUT2D eigenvalue weighted by atomic mass is 9.77. The molecule has 0 spiro atoms. The highest BCUT2D eigenvalue weighted by Gasteiger charge is 2.52. The number of hydrogen-bond acceptors (Lipinski definition) is 5. The Morgan fingerprint density at radius 3 is 2.31 bits per heavy atom. The molecule has 0 atom stereocenters. The van der Waals surface area contributed by atoms with Gasteiger partial charge in [0.2, 0.25) is 0 Å². The summed E-state index contributed by atoms with van der Waals surface area (Å²) in [6.45, 7) is 8.18. The summed E-state index contributed by atoms with van der Waals surface area (Å²) in [6, 6.07) is 4.23. The van der Waals surface area contributed by atoms with Gasteiger partial charge in [0.25, 0.3) is 0 Å². The molecule has 142 valence electrons. The van der Waals surface area contributed by atoms with Gasteiger partial charge in [-0.1, -0.05) is 19.3 Å². The Bertz CT molecular complexity index is 666. The van der Waals surface area contributed by atoms with Gasteiger partial charge in [-0.25, -0.2) is 0 Å². The van der Waals surface area contributed by atoms with Gasteiger partial charge in [-0.15, -0.1) is 0 Å². The number of benzene rings is 1. The van der Waals surface area contributed by atoms with Gasteiger partial charge in [-0.3, -0.25) is 4.99 Å². The van der Waals surface area contributed by atoms with Crippen LogP contribution in [0.3, 0.4) is 0 Å². The fourth-order valence-electron chi connectivity index (χ4n) is 3.49. The molecule has 1 aromatic rings. The van der Waals surface area contributed by atoms with E-state index in [1.54, 1.807) is 7.11 Å². The number of hydrogen-bond donors (Lipinski definition) is 1. The first kappa shape index (κ1) is 19.2. The molecule has 2 aliphatic rings.